The zero-order chi connectivity index (χ0) is 17.1. The normalized spacial score (nSPS) is 12.0. The maximum absolute atomic E-state index is 12.6. The monoisotopic (exact) mass is 340 g/mol. The number of nitrogens with zero attached hydrogens (tertiary/aromatic N) is 2. The molecule has 0 aliphatic rings. The highest BCUT2D eigenvalue weighted by Crippen LogP contribution is 2.21. The molecule has 0 unspecified atom stereocenters. The van der Waals surface area contributed by atoms with E-state index in [0.29, 0.717) is 23.5 Å². The maximum Gasteiger partial charge on any atom is 0.279 e. The van der Waals surface area contributed by atoms with Gasteiger partial charge in [0.15, 0.2) is 4.80 Å². The second-order valence-electron chi connectivity index (χ2n) is 5.68. The Hall–Kier alpha value is -2.24. The van der Waals surface area contributed by atoms with Crippen LogP contribution in [0.25, 0.3) is 10.2 Å². The number of benzene rings is 2. The van der Waals surface area contributed by atoms with Gasteiger partial charge in [0, 0.05) is 19.2 Å². The molecule has 0 spiro atoms. The first kappa shape index (κ1) is 16.6. The van der Waals surface area contributed by atoms with Gasteiger partial charge in [-0.1, -0.05) is 41.7 Å². The van der Waals surface area contributed by atoms with Crippen molar-refractivity contribution < 1.29 is 9.53 Å². The van der Waals surface area contributed by atoms with E-state index in [4.69, 9.17) is 4.74 Å². The molecule has 0 fully saturated rings. The maximum atomic E-state index is 12.6. The smallest absolute Gasteiger partial charge is 0.279 e. The largest absolute Gasteiger partial charge is 0.383 e. The molecule has 0 radical (unpaired) electrons. The summed E-state index contributed by atoms with van der Waals surface area (Å²) in [7, 11) is 1.68. The zero-order valence-electron chi connectivity index (χ0n) is 14.1. The van der Waals surface area contributed by atoms with Crippen LogP contribution in [0.2, 0.25) is 0 Å². The lowest BCUT2D eigenvalue weighted by Crippen LogP contribution is -2.20. The number of carbonyl (C=O) groups is 1. The van der Waals surface area contributed by atoms with Crippen LogP contribution < -0.4 is 4.80 Å². The first-order valence-corrected chi connectivity index (χ1v) is 8.66. The summed E-state index contributed by atoms with van der Waals surface area (Å²) in [5.74, 6) is -0.205. The van der Waals surface area contributed by atoms with Gasteiger partial charge < -0.3 is 9.30 Å². The summed E-state index contributed by atoms with van der Waals surface area (Å²) in [5.41, 5.74) is 3.87. The summed E-state index contributed by atoms with van der Waals surface area (Å²) in [6, 6.07) is 13.7. The predicted molar refractivity (Wildman–Crippen MR) is 97.5 cm³/mol. The van der Waals surface area contributed by atoms with Crippen LogP contribution in [-0.4, -0.2) is 24.2 Å². The molecule has 0 saturated carbocycles. The van der Waals surface area contributed by atoms with Crippen LogP contribution in [0.4, 0.5) is 0 Å². The Morgan fingerprint density at radius 2 is 1.88 bits per heavy atom. The van der Waals surface area contributed by atoms with Gasteiger partial charge in [-0.3, -0.25) is 4.79 Å². The number of methoxy groups -OCH3 is 1. The third kappa shape index (κ3) is 3.18. The number of aryl methyl sites for hydroxylation is 2. The second kappa shape index (κ2) is 7.11. The molecule has 1 aromatic heterocycles. The molecule has 0 bridgehead atoms. The number of ether oxygens (including phenoxy) is 1. The fraction of sp³-hybridized carbons (Fsp3) is 0.263. The van der Waals surface area contributed by atoms with Crippen LogP contribution in [0.1, 0.15) is 21.5 Å². The molecule has 0 aliphatic heterocycles. The molecule has 0 atom stereocenters. The van der Waals surface area contributed by atoms with E-state index in [1.807, 2.05) is 37.3 Å². The van der Waals surface area contributed by atoms with E-state index < -0.39 is 0 Å². The number of hydrogen-bond donors (Lipinski definition) is 0. The molecule has 3 rings (SSSR count). The minimum absolute atomic E-state index is 0.205. The highest BCUT2D eigenvalue weighted by Gasteiger charge is 2.11. The Labute approximate surface area is 145 Å². The first-order chi connectivity index (χ1) is 11.6. The van der Waals surface area contributed by atoms with E-state index >= 15 is 0 Å². The molecular weight excluding hydrogens is 320 g/mol. The second-order valence-corrected chi connectivity index (χ2v) is 6.69. The molecule has 5 heteroatoms. The molecule has 24 heavy (non-hydrogen) atoms. The number of carbonyl (C=O) groups excluding carboxylic acids is 1. The molecule has 1 amide bonds. The Morgan fingerprint density at radius 3 is 2.62 bits per heavy atom. The fourth-order valence-electron chi connectivity index (χ4n) is 2.74. The number of fused-ring (bicyclic) bond motifs is 1. The molecule has 0 aliphatic carbocycles. The van der Waals surface area contributed by atoms with E-state index in [1.54, 1.807) is 7.11 Å². The van der Waals surface area contributed by atoms with Gasteiger partial charge in [0.2, 0.25) is 0 Å². The van der Waals surface area contributed by atoms with E-state index in [0.717, 1.165) is 15.8 Å². The zero-order valence-corrected chi connectivity index (χ0v) is 14.9. The van der Waals surface area contributed by atoms with Gasteiger partial charge in [-0.15, -0.1) is 0 Å². The number of aromatic nitrogens is 1. The Morgan fingerprint density at radius 1 is 1.12 bits per heavy atom. The summed E-state index contributed by atoms with van der Waals surface area (Å²) in [5, 5.41) is 0. The highest BCUT2D eigenvalue weighted by atomic mass is 32.1. The number of rotatable bonds is 4. The van der Waals surface area contributed by atoms with Crippen molar-refractivity contribution in [3.8, 4) is 0 Å². The molecule has 3 aromatic rings. The molecule has 0 N–H and O–H groups in total. The van der Waals surface area contributed by atoms with E-state index in [-0.39, 0.29) is 5.91 Å². The van der Waals surface area contributed by atoms with Gasteiger partial charge in [0.1, 0.15) is 0 Å². The fourth-order valence-corrected chi connectivity index (χ4v) is 3.88. The first-order valence-electron chi connectivity index (χ1n) is 7.84. The number of amides is 1. The van der Waals surface area contributed by atoms with E-state index in [9.17, 15) is 4.79 Å². The summed E-state index contributed by atoms with van der Waals surface area (Å²) in [6.07, 6.45) is 0. The molecule has 124 valence electrons. The van der Waals surface area contributed by atoms with Gasteiger partial charge >= 0.3 is 0 Å². The predicted octanol–water partition coefficient (Wildman–Crippen LogP) is 3.71. The van der Waals surface area contributed by atoms with Crippen LogP contribution in [0.15, 0.2) is 47.5 Å². The Bertz CT molecular complexity index is 953. The lowest BCUT2D eigenvalue weighted by atomic mass is 10.1. The third-order valence-electron chi connectivity index (χ3n) is 3.99. The van der Waals surface area contributed by atoms with Crippen molar-refractivity contribution in [1.29, 1.82) is 0 Å². The van der Waals surface area contributed by atoms with Gasteiger partial charge in [0.25, 0.3) is 5.91 Å². The molecular formula is C19H20N2O2S. The van der Waals surface area contributed by atoms with Crippen LogP contribution in [0.5, 0.6) is 0 Å². The summed E-state index contributed by atoms with van der Waals surface area (Å²) < 4.78 is 8.43. The topological polar surface area (TPSA) is 43.6 Å². The van der Waals surface area contributed by atoms with Crippen LogP contribution in [0.3, 0.4) is 0 Å². The van der Waals surface area contributed by atoms with Crippen molar-refractivity contribution in [2.75, 3.05) is 13.7 Å². The van der Waals surface area contributed by atoms with Gasteiger partial charge in [-0.2, -0.15) is 4.99 Å². The Balaban J connectivity index is 2.16. The quantitative estimate of drug-likeness (QED) is 0.727. The van der Waals surface area contributed by atoms with Crippen molar-refractivity contribution in [3.05, 3.63) is 64.0 Å². The summed E-state index contributed by atoms with van der Waals surface area (Å²) >= 11 is 1.54. The number of para-hydroxylation sites is 1. The van der Waals surface area contributed by atoms with E-state index in [2.05, 4.69) is 28.6 Å². The lowest BCUT2D eigenvalue weighted by molar-refractivity contribution is 0.0996. The van der Waals surface area contributed by atoms with Gasteiger partial charge in [-0.25, -0.2) is 0 Å². The SMILES string of the molecule is COCCn1c(=NC(=O)c2ccccc2C)sc2cccc(C)c21. The minimum Gasteiger partial charge on any atom is -0.383 e. The molecule has 2 aromatic carbocycles. The number of hydrogen-bond acceptors (Lipinski definition) is 3. The standard InChI is InChI=1S/C19H20N2O2S/c1-13-7-4-5-9-15(13)18(22)20-19-21(11-12-23-3)17-14(2)8-6-10-16(17)24-19/h4-10H,11-12H2,1-3H3. The highest BCUT2D eigenvalue weighted by molar-refractivity contribution is 7.16. The van der Waals surface area contributed by atoms with Crippen LogP contribution >= 0.6 is 11.3 Å². The van der Waals surface area contributed by atoms with Gasteiger partial charge in [-0.05, 0) is 37.1 Å². The lowest BCUT2D eigenvalue weighted by Gasteiger charge is -2.06. The minimum atomic E-state index is -0.205. The number of thiazole rings is 1. The van der Waals surface area contributed by atoms with Crippen molar-refractivity contribution >= 4 is 27.5 Å². The van der Waals surface area contributed by atoms with Crippen LogP contribution in [-0.2, 0) is 11.3 Å². The Kier molecular flexibility index (Phi) is 4.92. The summed E-state index contributed by atoms with van der Waals surface area (Å²) in [4.78, 5) is 17.7. The van der Waals surface area contributed by atoms with Gasteiger partial charge in [0.05, 0.1) is 16.8 Å². The summed E-state index contributed by atoms with van der Waals surface area (Å²) in [6.45, 7) is 5.25. The van der Waals surface area contributed by atoms with E-state index in [1.165, 1.54) is 16.9 Å². The van der Waals surface area contributed by atoms with Crippen molar-refractivity contribution in [1.82, 2.24) is 4.57 Å². The third-order valence-corrected chi connectivity index (χ3v) is 5.04. The average Bonchev–Trinajstić information content (AvgIpc) is 2.91. The molecule has 0 saturated heterocycles. The molecule has 1 heterocycles. The molecule has 4 nitrogen and oxygen atoms in total. The average molecular weight is 340 g/mol. The van der Waals surface area contributed by atoms with Crippen molar-refractivity contribution in [2.45, 2.75) is 20.4 Å². The van der Waals surface area contributed by atoms with Crippen molar-refractivity contribution in [3.63, 3.8) is 0 Å². The van der Waals surface area contributed by atoms with Crippen LogP contribution in [0, 0.1) is 13.8 Å². The van der Waals surface area contributed by atoms with Crippen molar-refractivity contribution in [2.24, 2.45) is 4.99 Å².